The van der Waals surface area contributed by atoms with Crippen LogP contribution in [0.3, 0.4) is 0 Å². The molecule has 0 aliphatic carbocycles. The third-order valence-corrected chi connectivity index (χ3v) is 2.34. The summed E-state index contributed by atoms with van der Waals surface area (Å²) < 4.78 is 19.2. The predicted molar refractivity (Wildman–Crippen MR) is 67.4 cm³/mol. The zero-order valence-corrected chi connectivity index (χ0v) is 10.3. The summed E-state index contributed by atoms with van der Waals surface area (Å²) in [6, 6.07) is 6.58. The highest BCUT2D eigenvalue weighted by Crippen LogP contribution is 2.24. The quantitative estimate of drug-likeness (QED) is 0.901. The van der Waals surface area contributed by atoms with E-state index in [1.54, 1.807) is 37.4 Å². The maximum Gasteiger partial charge on any atom is 0.225 e. The molecule has 0 aliphatic rings. The summed E-state index contributed by atoms with van der Waals surface area (Å²) in [5.74, 6) is 0.561. The molecule has 2 rings (SSSR count). The average molecular weight is 247 g/mol. The minimum absolute atomic E-state index is 0.163. The fourth-order valence-electron chi connectivity index (χ4n) is 1.45. The maximum absolute atomic E-state index is 13.8. The summed E-state index contributed by atoms with van der Waals surface area (Å²) in [5, 5.41) is 2.96. The number of aromatic nitrogens is 2. The fourth-order valence-corrected chi connectivity index (χ4v) is 1.45. The van der Waals surface area contributed by atoms with E-state index in [1.165, 1.54) is 0 Å². The Morgan fingerprint density at radius 3 is 2.94 bits per heavy atom. The summed E-state index contributed by atoms with van der Waals surface area (Å²) in [6.07, 6.45) is 1.56. The van der Waals surface area contributed by atoms with Gasteiger partial charge in [0, 0.05) is 18.8 Å². The first kappa shape index (κ1) is 12.3. The highest BCUT2D eigenvalue weighted by molar-refractivity contribution is 5.34. The molecule has 1 aromatic carbocycles. The molecule has 0 saturated heterocycles. The minimum Gasteiger partial charge on any atom is -0.436 e. The monoisotopic (exact) mass is 247 g/mol. The molecule has 0 aliphatic heterocycles. The number of anilines is 1. The van der Waals surface area contributed by atoms with Crippen molar-refractivity contribution in [1.82, 2.24) is 9.97 Å². The van der Waals surface area contributed by atoms with E-state index in [2.05, 4.69) is 15.3 Å². The van der Waals surface area contributed by atoms with Crippen LogP contribution < -0.4 is 10.1 Å². The lowest BCUT2D eigenvalue weighted by molar-refractivity contribution is 0.425. The topological polar surface area (TPSA) is 47.0 Å². The van der Waals surface area contributed by atoms with Gasteiger partial charge in [-0.25, -0.2) is 9.37 Å². The Morgan fingerprint density at radius 1 is 1.33 bits per heavy atom. The Kier molecular flexibility index (Phi) is 3.72. The molecule has 5 heteroatoms. The van der Waals surface area contributed by atoms with Crippen molar-refractivity contribution in [2.75, 3.05) is 11.9 Å². The molecular weight excluding hydrogens is 233 g/mol. The van der Waals surface area contributed by atoms with E-state index < -0.39 is 0 Å². The molecule has 4 nitrogen and oxygen atoms in total. The molecule has 0 unspecified atom stereocenters. The molecule has 94 valence electrons. The zero-order chi connectivity index (χ0) is 13.0. The molecule has 0 bridgehead atoms. The van der Waals surface area contributed by atoms with Gasteiger partial charge in [0.05, 0.1) is 0 Å². The van der Waals surface area contributed by atoms with E-state index in [0.29, 0.717) is 23.9 Å². The lowest BCUT2D eigenvalue weighted by Gasteiger charge is -2.08. The van der Waals surface area contributed by atoms with Crippen molar-refractivity contribution in [1.29, 1.82) is 0 Å². The van der Waals surface area contributed by atoms with Crippen molar-refractivity contribution < 1.29 is 9.13 Å². The van der Waals surface area contributed by atoms with E-state index in [1.807, 2.05) is 6.92 Å². The second-order valence-corrected chi connectivity index (χ2v) is 3.74. The molecule has 18 heavy (non-hydrogen) atoms. The number of benzene rings is 1. The summed E-state index contributed by atoms with van der Waals surface area (Å²) in [4.78, 5) is 8.13. The average Bonchev–Trinajstić information content (AvgIpc) is 2.36. The van der Waals surface area contributed by atoms with Crippen molar-refractivity contribution in [3.05, 3.63) is 41.8 Å². The molecule has 0 saturated carbocycles. The second kappa shape index (κ2) is 5.44. The van der Waals surface area contributed by atoms with E-state index >= 15 is 0 Å². The van der Waals surface area contributed by atoms with Crippen LogP contribution >= 0.6 is 0 Å². The molecule has 0 atom stereocenters. The first-order valence-corrected chi connectivity index (χ1v) is 5.70. The lowest BCUT2D eigenvalue weighted by atomic mass is 10.2. The zero-order valence-electron chi connectivity index (χ0n) is 10.3. The molecule has 1 aromatic heterocycles. The van der Waals surface area contributed by atoms with Gasteiger partial charge in [-0.15, -0.1) is 0 Å². The Morgan fingerprint density at radius 2 is 2.17 bits per heavy atom. The largest absolute Gasteiger partial charge is 0.436 e. The van der Waals surface area contributed by atoms with Gasteiger partial charge in [-0.2, -0.15) is 4.98 Å². The number of nitrogens with zero attached hydrogens (tertiary/aromatic N) is 2. The van der Waals surface area contributed by atoms with Gasteiger partial charge in [-0.05, 0) is 25.5 Å². The third kappa shape index (κ3) is 2.74. The lowest BCUT2D eigenvalue weighted by Crippen LogP contribution is -2.02. The summed E-state index contributed by atoms with van der Waals surface area (Å²) in [5.41, 5.74) is 0.536. The SMILES string of the molecule is CCNc1nccc(Oc2cccc(C)c2F)n1. The summed E-state index contributed by atoms with van der Waals surface area (Å²) in [6.45, 7) is 4.34. The summed E-state index contributed by atoms with van der Waals surface area (Å²) >= 11 is 0. The molecular formula is C13H14FN3O. The van der Waals surface area contributed by atoms with Gasteiger partial charge in [-0.3, -0.25) is 0 Å². The first-order valence-electron chi connectivity index (χ1n) is 5.70. The normalized spacial score (nSPS) is 10.2. The number of rotatable bonds is 4. The summed E-state index contributed by atoms with van der Waals surface area (Å²) in [7, 11) is 0. The predicted octanol–water partition coefficient (Wildman–Crippen LogP) is 3.15. The third-order valence-electron chi connectivity index (χ3n) is 2.34. The van der Waals surface area contributed by atoms with Crippen molar-refractivity contribution in [3.63, 3.8) is 0 Å². The van der Waals surface area contributed by atoms with Gasteiger partial charge in [0.15, 0.2) is 11.6 Å². The number of hydrogen-bond acceptors (Lipinski definition) is 4. The van der Waals surface area contributed by atoms with Crippen LogP contribution in [0.4, 0.5) is 10.3 Å². The van der Waals surface area contributed by atoms with Crippen molar-refractivity contribution in [2.24, 2.45) is 0 Å². The molecule has 1 heterocycles. The first-order chi connectivity index (χ1) is 8.70. The molecule has 0 amide bonds. The molecule has 0 spiro atoms. The van der Waals surface area contributed by atoms with Crippen LogP contribution in [0.5, 0.6) is 11.6 Å². The van der Waals surface area contributed by atoms with Crippen LogP contribution in [0.25, 0.3) is 0 Å². The number of ether oxygens (including phenoxy) is 1. The number of hydrogen-bond donors (Lipinski definition) is 1. The van der Waals surface area contributed by atoms with Crippen LogP contribution in [0, 0.1) is 12.7 Å². The Balaban J connectivity index is 2.23. The number of halogens is 1. The Hall–Kier alpha value is -2.17. The fraction of sp³-hybridized carbons (Fsp3) is 0.231. The van der Waals surface area contributed by atoms with E-state index in [-0.39, 0.29) is 11.6 Å². The highest BCUT2D eigenvalue weighted by Gasteiger charge is 2.08. The standard InChI is InChI=1S/C13H14FN3O/c1-3-15-13-16-8-7-11(17-13)18-10-6-4-5-9(2)12(10)14/h4-8H,3H2,1-2H3,(H,15,16,17). The van der Waals surface area contributed by atoms with Gasteiger partial charge < -0.3 is 10.1 Å². The number of aryl methyl sites for hydroxylation is 1. The van der Waals surface area contributed by atoms with Gasteiger partial charge >= 0.3 is 0 Å². The highest BCUT2D eigenvalue weighted by atomic mass is 19.1. The van der Waals surface area contributed by atoms with Crippen LogP contribution in [0.2, 0.25) is 0 Å². The Bertz CT molecular complexity index is 546. The van der Waals surface area contributed by atoms with E-state index in [0.717, 1.165) is 0 Å². The molecule has 1 N–H and O–H groups in total. The Labute approximate surface area is 105 Å². The van der Waals surface area contributed by atoms with Gasteiger partial charge in [0.1, 0.15) is 0 Å². The van der Waals surface area contributed by atoms with Gasteiger partial charge in [0.25, 0.3) is 0 Å². The van der Waals surface area contributed by atoms with Crippen LogP contribution in [-0.2, 0) is 0 Å². The van der Waals surface area contributed by atoms with Crippen molar-refractivity contribution >= 4 is 5.95 Å². The van der Waals surface area contributed by atoms with E-state index in [4.69, 9.17) is 4.74 Å². The molecule has 2 aromatic rings. The van der Waals surface area contributed by atoms with Crippen LogP contribution in [0.1, 0.15) is 12.5 Å². The smallest absolute Gasteiger partial charge is 0.225 e. The van der Waals surface area contributed by atoms with Crippen molar-refractivity contribution in [3.8, 4) is 11.6 Å². The van der Waals surface area contributed by atoms with Crippen molar-refractivity contribution in [2.45, 2.75) is 13.8 Å². The second-order valence-electron chi connectivity index (χ2n) is 3.74. The molecule has 0 radical (unpaired) electrons. The van der Waals surface area contributed by atoms with Crippen LogP contribution in [-0.4, -0.2) is 16.5 Å². The van der Waals surface area contributed by atoms with Gasteiger partial charge in [0.2, 0.25) is 11.8 Å². The van der Waals surface area contributed by atoms with E-state index in [9.17, 15) is 4.39 Å². The minimum atomic E-state index is -0.374. The maximum atomic E-state index is 13.8. The van der Waals surface area contributed by atoms with Crippen LogP contribution in [0.15, 0.2) is 30.5 Å². The van der Waals surface area contributed by atoms with Gasteiger partial charge in [-0.1, -0.05) is 12.1 Å². The molecule has 0 fully saturated rings. The number of nitrogens with one attached hydrogen (secondary N) is 1.